The summed E-state index contributed by atoms with van der Waals surface area (Å²) in [6.45, 7) is 0. The van der Waals surface area contributed by atoms with Gasteiger partial charge < -0.3 is 0 Å². The number of benzene rings is 1. The molecule has 2 rings (SSSR count). The fourth-order valence-electron chi connectivity index (χ4n) is 1.63. The van der Waals surface area contributed by atoms with E-state index in [2.05, 4.69) is 0 Å². The molecule has 3 nitrogen and oxygen atoms in total. The molecule has 0 amide bonds. The zero-order chi connectivity index (χ0) is 14.0. The van der Waals surface area contributed by atoms with Crippen LogP contribution in [-0.2, 0) is 16.3 Å². The number of thiophene rings is 1. The summed E-state index contributed by atoms with van der Waals surface area (Å²) in [5.41, 5.74) is 0.989. The maximum Gasteiger partial charge on any atom is 0.262 e. The Morgan fingerprint density at radius 2 is 1.79 bits per heavy atom. The van der Waals surface area contributed by atoms with E-state index < -0.39 is 15.1 Å². The Hall–Kier alpha value is -1.17. The zero-order valence-corrected chi connectivity index (χ0v) is 12.5. The van der Waals surface area contributed by atoms with Gasteiger partial charge in [-0.2, -0.15) is 0 Å². The van der Waals surface area contributed by atoms with Crippen molar-refractivity contribution in [2.75, 3.05) is 6.26 Å². The number of hydrogen-bond acceptors (Lipinski definition) is 4. The quantitative estimate of drug-likeness (QED) is 0.815. The van der Waals surface area contributed by atoms with Crippen molar-refractivity contribution >= 4 is 38.0 Å². The van der Waals surface area contributed by atoms with Crippen molar-refractivity contribution in [2.45, 2.75) is 11.3 Å². The lowest BCUT2D eigenvalue weighted by Crippen LogP contribution is -1.97. The lowest BCUT2D eigenvalue weighted by Gasteiger charge is -2.01. The van der Waals surface area contributed by atoms with E-state index in [9.17, 15) is 13.2 Å². The fraction of sp³-hybridized carbons (Fsp3) is 0.154. The van der Waals surface area contributed by atoms with Gasteiger partial charge in [-0.15, -0.1) is 11.3 Å². The smallest absolute Gasteiger partial charge is 0.262 e. The van der Waals surface area contributed by atoms with E-state index in [1.165, 1.54) is 17.6 Å². The highest BCUT2D eigenvalue weighted by molar-refractivity contribution is 7.90. The summed E-state index contributed by atoms with van der Waals surface area (Å²) in [7, 11) is -3.16. The van der Waals surface area contributed by atoms with Gasteiger partial charge in [0.15, 0.2) is 9.84 Å². The standard InChI is InChI=1S/C13H11ClO3S2/c1-19(16,17)11-5-2-9(3-6-11)8-10-4-7-12(18-10)13(14)15/h2-7H,8H2,1H3. The largest absolute Gasteiger partial charge is 0.275 e. The third kappa shape index (κ3) is 3.65. The summed E-state index contributed by atoms with van der Waals surface area (Å²) in [5.74, 6) is 0. The molecule has 0 bridgehead atoms. The summed E-state index contributed by atoms with van der Waals surface area (Å²) >= 11 is 6.74. The highest BCUT2D eigenvalue weighted by Crippen LogP contribution is 2.22. The molecule has 1 aromatic carbocycles. The number of carbonyl (C=O) groups excluding carboxylic acids is 1. The second kappa shape index (κ2) is 5.45. The zero-order valence-electron chi connectivity index (χ0n) is 10.1. The van der Waals surface area contributed by atoms with Crippen molar-refractivity contribution in [1.29, 1.82) is 0 Å². The van der Waals surface area contributed by atoms with Crippen molar-refractivity contribution in [3.05, 3.63) is 51.7 Å². The van der Waals surface area contributed by atoms with E-state index in [1.807, 2.05) is 6.07 Å². The lowest BCUT2D eigenvalue weighted by atomic mass is 10.1. The number of rotatable bonds is 4. The minimum Gasteiger partial charge on any atom is -0.275 e. The highest BCUT2D eigenvalue weighted by Gasteiger charge is 2.08. The van der Waals surface area contributed by atoms with Crippen LogP contribution in [-0.4, -0.2) is 19.9 Å². The molecule has 0 aliphatic heterocycles. The van der Waals surface area contributed by atoms with E-state index in [1.54, 1.807) is 30.3 Å². The van der Waals surface area contributed by atoms with Gasteiger partial charge in [-0.05, 0) is 41.4 Å². The molecule has 1 heterocycles. The molecular formula is C13H11ClO3S2. The van der Waals surface area contributed by atoms with Crippen LogP contribution in [0.25, 0.3) is 0 Å². The molecule has 0 aliphatic rings. The number of carbonyl (C=O) groups is 1. The first-order valence-electron chi connectivity index (χ1n) is 5.44. The summed E-state index contributed by atoms with van der Waals surface area (Å²) in [6.07, 6.45) is 1.83. The van der Waals surface area contributed by atoms with Crippen LogP contribution in [0, 0.1) is 0 Å². The van der Waals surface area contributed by atoms with E-state index >= 15 is 0 Å². The maximum atomic E-state index is 11.3. The topological polar surface area (TPSA) is 51.2 Å². The first kappa shape index (κ1) is 14.2. The normalized spacial score (nSPS) is 11.5. The summed E-state index contributed by atoms with van der Waals surface area (Å²) in [6, 6.07) is 10.3. The van der Waals surface area contributed by atoms with Crippen LogP contribution in [0.3, 0.4) is 0 Å². The first-order chi connectivity index (χ1) is 8.86. The van der Waals surface area contributed by atoms with Crippen LogP contribution in [0.4, 0.5) is 0 Å². The predicted octanol–water partition coefficient (Wildman–Crippen LogP) is 3.12. The summed E-state index contributed by atoms with van der Waals surface area (Å²) in [5, 5.41) is -0.455. The molecule has 0 spiro atoms. The van der Waals surface area contributed by atoms with Gasteiger partial charge in [0.2, 0.25) is 0 Å². The fourth-order valence-corrected chi connectivity index (χ4v) is 3.32. The molecule has 6 heteroatoms. The van der Waals surface area contributed by atoms with Crippen LogP contribution < -0.4 is 0 Å². The Balaban J connectivity index is 2.17. The monoisotopic (exact) mass is 314 g/mol. The summed E-state index contributed by atoms with van der Waals surface area (Å²) < 4.78 is 22.7. The maximum absolute atomic E-state index is 11.3. The van der Waals surface area contributed by atoms with Crippen LogP contribution in [0.5, 0.6) is 0 Å². The predicted molar refractivity (Wildman–Crippen MR) is 76.9 cm³/mol. The minimum absolute atomic E-state index is 0.305. The Morgan fingerprint density at radius 1 is 1.16 bits per heavy atom. The van der Waals surface area contributed by atoms with Crippen LogP contribution in [0.1, 0.15) is 20.1 Å². The highest BCUT2D eigenvalue weighted by atomic mass is 35.5. The molecule has 0 atom stereocenters. The third-order valence-corrected chi connectivity index (χ3v) is 5.11. The average molecular weight is 315 g/mol. The SMILES string of the molecule is CS(=O)(=O)c1ccc(Cc2ccc(C(=O)Cl)s2)cc1. The van der Waals surface area contributed by atoms with Crippen molar-refractivity contribution in [1.82, 2.24) is 0 Å². The van der Waals surface area contributed by atoms with Crippen LogP contribution in [0.15, 0.2) is 41.3 Å². The van der Waals surface area contributed by atoms with Gasteiger partial charge in [-0.3, -0.25) is 4.79 Å². The lowest BCUT2D eigenvalue weighted by molar-refractivity contribution is 0.108. The van der Waals surface area contributed by atoms with Crippen LogP contribution in [0.2, 0.25) is 0 Å². The van der Waals surface area contributed by atoms with Crippen molar-refractivity contribution in [3.8, 4) is 0 Å². The molecular weight excluding hydrogens is 304 g/mol. The Bertz CT molecular complexity index is 700. The van der Waals surface area contributed by atoms with Gasteiger partial charge in [0, 0.05) is 17.6 Å². The van der Waals surface area contributed by atoms with E-state index in [-0.39, 0.29) is 0 Å². The van der Waals surface area contributed by atoms with Gasteiger partial charge in [-0.25, -0.2) is 8.42 Å². The van der Waals surface area contributed by atoms with Gasteiger partial charge >= 0.3 is 0 Å². The van der Waals surface area contributed by atoms with Gasteiger partial charge in [0.25, 0.3) is 5.24 Å². The van der Waals surface area contributed by atoms with Gasteiger partial charge in [-0.1, -0.05) is 12.1 Å². The Morgan fingerprint density at radius 3 is 2.26 bits per heavy atom. The molecule has 0 radical (unpaired) electrons. The molecule has 0 saturated heterocycles. The molecule has 0 aliphatic carbocycles. The van der Waals surface area contributed by atoms with Crippen LogP contribution >= 0.6 is 22.9 Å². The number of sulfone groups is 1. The van der Waals surface area contributed by atoms with Crippen molar-refractivity contribution in [2.24, 2.45) is 0 Å². The molecule has 0 saturated carbocycles. The van der Waals surface area contributed by atoms with Crippen molar-refractivity contribution < 1.29 is 13.2 Å². The molecule has 0 unspecified atom stereocenters. The Kier molecular flexibility index (Phi) is 4.08. The first-order valence-corrected chi connectivity index (χ1v) is 8.52. The second-order valence-corrected chi connectivity index (χ2v) is 7.66. The number of hydrogen-bond donors (Lipinski definition) is 0. The van der Waals surface area contributed by atoms with E-state index in [0.29, 0.717) is 16.2 Å². The average Bonchev–Trinajstić information content (AvgIpc) is 2.77. The minimum atomic E-state index is -3.16. The van der Waals surface area contributed by atoms with Crippen molar-refractivity contribution in [3.63, 3.8) is 0 Å². The number of halogens is 1. The molecule has 2 aromatic rings. The molecule has 0 fully saturated rings. The van der Waals surface area contributed by atoms with E-state index in [4.69, 9.17) is 11.6 Å². The summed E-state index contributed by atoms with van der Waals surface area (Å²) in [4.78, 5) is 12.8. The second-order valence-electron chi connectivity index (χ2n) is 4.13. The molecule has 1 aromatic heterocycles. The molecule has 19 heavy (non-hydrogen) atoms. The third-order valence-electron chi connectivity index (χ3n) is 2.59. The van der Waals surface area contributed by atoms with Gasteiger partial charge in [0.1, 0.15) is 0 Å². The molecule has 100 valence electrons. The van der Waals surface area contributed by atoms with E-state index in [0.717, 1.165) is 10.4 Å². The van der Waals surface area contributed by atoms with Gasteiger partial charge in [0.05, 0.1) is 9.77 Å². The molecule has 0 N–H and O–H groups in total. The Labute approximate surface area is 120 Å².